The average molecular weight is 265 g/mol. The summed E-state index contributed by atoms with van der Waals surface area (Å²) in [7, 11) is 0. The average Bonchev–Trinajstić information content (AvgIpc) is 2.81. The molecule has 0 saturated heterocycles. The van der Waals surface area contributed by atoms with Gasteiger partial charge in [0.25, 0.3) is 0 Å². The maximum absolute atomic E-state index is 14.0. The molecule has 5 heteroatoms. The predicted octanol–water partition coefficient (Wildman–Crippen LogP) is 3.17. The third kappa shape index (κ3) is 2.64. The molecule has 0 aliphatic carbocycles. The highest BCUT2D eigenvalue weighted by molar-refractivity contribution is 5.27. The van der Waals surface area contributed by atoms with Crippen LogP contribution in [0.5, 0.6) is 0 Å². The van der Waals surface area contributed by atoms with Crippen molar-refractivity contribution >= 4 is 0 Å². The molecule has 0 unspecified atom stereocenters. The van der Waals surface area contributed by atoms with Crippen molar-refractivity contribution in [3.05, 3.63) is 48.1 Å². The van der Waals surface area contributed by atoms with Crippen molar-refractivity contribution in [2.75, 3.05) is 0 Å². The molecule has 0 bridgehead atoms. The first kappa shape index (κ1) is 13.6. The first-order chi connectivity index (χ1) is 8.93. The number of rotatable bonds is 4. The van der Waals surface area contributed by atoms with Crippen LogP contribution in [0.2, 0.25) is 0 Å². The zero-order valence-electron chi connectivity index (χ0n) is 11.3. The molecule has 0 aliphatic rings. The van der Waals surface area contributed by atoms with Crippen molar-refractivity contribution in [3.63, 3.8) is 0 Å². The SMILES string of the molecule is CC(C)[C@](C)(Cn1cncn1)c1ccc(F)cc1F. The summed E-state index contributed by atoms with van der Waals surface area (Å²) in [5.74, 6) is -0.916. The fraction of sp³-hybridized carbons (Fsp3) is 0.429. The van der Waals surface area contributed by atoms with Gasteiger partial charge in [-0.15, -0.1) is 0 Å². The van der Waals surface area contributed by atoms with Gasteiger partial charge in [-0.1, -0.05) is 26.8 Å². The zero-order chi connectivity index (χ0) is 14.0. The highest BCUT2D eigenvalue weighted by Gasteiger charge is 2.34. The van der Waals surface area contributed by atoms with Crippen LogP contribution >= 0.6 is 0 Å². The molecule has 0 spiro atoms. The summed E-state index contributed by atoms with van der Waals surface area (Å²) in [6.07, 6.45) is 3.05. The number of aromatic nitrogens is 3. The maximum Gasteiger partial charge on any atom is 0.137 e. The summed E-state index contributed by atoms with van der Waals surface area (Å²) in [6.45, 7) is 6.47. The Bertz CT molecular complexity index is 552. The number of halogens is 2. The van der Waals surface area contributed by atoms with Gasteiger partial charge >= 0.3 is 0 Å². The van der Waals surface area contributed by atoms with Gasteiger partial charge < -0.3 is 0 Å². The summed E-state index contributed by atoms with van der Waals surface area (Å²) in [4.78, 5) is 3.89. The second-order valence-corrected chi connectivity index (χ2v) is 5.29. The van der Waals surface area contributed by atoms with Crippen LogP contribution in [-0.4, -0.2) is 14.8 Å². The van der Waals surface area contributed by atoms with Crippen LogP contribution in [0.4, 0.5) is 8.78 Å². The van der Waals surface area contributed by atoms with Crippen LogP contribution in [-0.2, 0) is 12.0 Å². The fourth-order valence-electron chi connectivity index (χ4n) is 2.18. The Balaban J connectivity index is 2.43. The maximum atomic E-state index is 14.0. The molecule has 1 heterocycles. The van der Waals surface area contributed by atoms with Crippen LogP contribution in [0.15, 0.2) is 30.9 Å². The third-order valence-corrected chi connectivity index (χ3v) is 3.78. The normalized spacial score (nSPS) is 14.6. The highest BCUT2D eigenvalue weighted by atomic mass is 19.1. The van der Waals surface area contributed by atoms with E-state index in [1.54, 1.807) is 11.0 Å². The Morgan fingerprint density at radius 3 is 2.58 bits per heavy atom. The lowest BCUT2D eigenvalue weighted by Gasteiger charge is -2.34. The molecule has 2 aromatic rings. The molecular weight excluding hydrogens is 248 g/mol. The second kappa shape index (κ2) is 5.07. The topological polar surface area (TPSA) is 30.7 Å². The van der Waals surface area contributed by atoms with Crippen molar-refractivity contribution < 1.29 is 8.78 Å². The van der Waals surface area contributed by atoms with Crippen molar-refractivity contribution in [1.82, 2.24) is 14.8 Å². The summed E-state index contributed by atoms with van der Waals surface area (Å²) in [5, 5.41) is 4.07. The van der Waals surface area contributed by atoms with E-state index in [4.69, 9.17) is 0 Å². The van der Waals surface area contributed by atoms with Crippen LogP contribution in [0.1, 0.15) is 26.3 Å². The molecule has 0 N–H and O–H groups in total. The van der Waals surface area contributed by atoms with E-state index in [-0.39, 0.29) is 5.92 Å². The largest absolute Gasteiger partial charge is 0.252 e. The third-order valence-electron chi connectivity index (χ3n) is 3.78. The summed E-state index contributed by atoms with van der Waals surface area (Å²) in [6, 6.07) is 3.74. The van der Waals surface area contributed by atoms with Gasteiger partial charge in [-0.2, -0.15) is 5.10 Å². The fourth-order valence-corrected chi connectivity index (χ4v) is 2.18. The van der Waals surface area contributed by atoms with Gasteiger partial charge in [0.15, 0.2) is 0 Å². The summed E-state index contributed by atoms with van der Waals surface area (Å²) >= 11 is 0. The lowest BCUT2D eigenvalue weighted by molar-refractivity contribution is 0.269. The van der Waals surface area contributed by atoms with Gasteiger partial charge in [-0.25, -0.2) is 13.8 Å². The second-order valence-electron chi connectivity index (χ2n) is 5.29. The lowest BCUT2D eigenvalue weighted by atomic mass is 9.73. The lowest BCUT2D eigenvalue weighted by Crippen LogP contribution is -2.35. The quantitative estimate of drug-likeness (QED) is 0.850. The number of nitrogens with zero attached hydrogens (tertiary/aromatic N) is 3. The van der Waals surface area contributed by atoms with E-state index in [0.29, 0.717) is 12.1 Å². The van der Waals surface area contributed by atoms with E-state index < -0.39 is 17.0 Å². The first-order valence-electron chi connectivity index (χ1n) is 6.21. The van der Waals surface area contributed by atoms with Crippen molar-refractivity contribution in [2.45, 2.75) is 32.7 Å². The molecule has 0 radical (unpaired) electrons. The van der Waals surface area contributed by atoms with Crippen molar-refractivity contribution in [1.29, 1.82) is 0 Å². The van der Waals surface area contributed by atoms with E-state index in [0.717, 1.165) is 6.07 Å². The standard InChI is InChI=1S/C14H17F2N3/c1-10(2)14(3,7-19-9-17-8-18-19)12-5-4-11(15)6-13(12)16/h4-6,8-10H,7H2,1-3H3/t14-/m0/s1. The monoisotopic (exact) mass is 265 g/mol. The molecular formula is C14H17F2N3. The minimum Gasteiger partial charge on any atom is -0.252 e. The minimum absolute atomic E-state index is 0.164. The van der Waals surface area contributed by atoms with E-state index in [1.165, 1.54) is 18.5 Å². The van der Waals surface area contributed by atoms with E-state index >= 15 is 0 Å². The Labute approximate surface area is 111 Å². The van der Waals surface area contributed by atoms with Crippen LogP contribution in [0.25, 0.3) is 0 Å². The Morgan fingerprint density at radius 1 is 1.32 bits per heavy atom. The zero-order valence-corrected chi connectivity index (χ0v) is 11.3. The van der Waals surface area contributed by atoms with Crippen molar-refractivity contribution in [2.24, 2.45) is 5.92 Å². The van der Waals surface area contributed by atoms with Gasteiger partial charge in [-0.05, 0) is 17.5 Å². The van der Waals surface area contributed by atoms with E-state index in [9.17, 15) is 8.78 Å². The predicted molar refractivity (Wildman–Crippen MR) is 68.6 cm³/mol. The van der Waals surface area contributed by atoms with Gasteiger partial charge in [0.2, 0.25) is 0 Å². The first-order valence-corrected chi connectivity index (χ1v) is 6.21. The molecule has 0 fully saturated rings. The van der Waals surface area contributed by atoms with Gasteiger partial charge in [-0.3, -0.25) is 4.68 Å². The van der Waals surface area contributed by atoms with Gasteiger partial charge in [0.1, 0.15) is 24.3 Å². The number of hydrogen-bond acceptors (Lipinski definition) is 2. The van der Waals surface area contributed by atoms with E-state index in [1.807, 2.05) is 20.8 Å². The molecule has 3 nitrogen and oxygen atoms in total. The van der Waals surface area contributed by atoms with Crippen LogP contribution in [0.3, 0.4) is 0 Å². The van der Waals surface area contributed by atoms with Gasteiger partial charge in [0.05, 0.1) is 6.54 Å². The molecule has 1 atom stereocenters. The van der Waals surface area contributed by atoms with E-state index in [2.05, 4.69) is 10.1 Å². The minimum atomic E-state index is -0.562. The molecule has 1 aromatic carbocycles. The van der Waals surface area contributed by atoms with Crippen LogP contribution < -0.4 is 0 Å². The number of benzene rings is 1. The molecule has 0 aliphatic heterocycles. The van der Waals surface area contributed by atoms with Gasteiger partial charge in [0, 0.05) is 11.5 Å². The molecule has 19 heavy (non-hydrogen) atoms. The molecule has 102 valence electrons. The summed E-state index contributed by atoms with van der Waals surface area (Å²) < 4.78 is 28.8. The number of hydrogen-bond donors (Lipinski definition) is 0. The molecule has 0 saturated carbocycles. The Morgan fingerprint density at radius 2 is 2.05 bits per heavy atom. The highest BCUT2D eigenvalue weighted by Crippen LogP contribution is 2.35. The smallest absolute Gasteiger partial charge is 0.137 e. The molecule has 1 aromatic heterocycles. The molecule has 2 rings (SSSR count). The summed E-state index contributed by atoms with van der Waals surface area (Å²) in [5.41, 5.74) is 0.0188. The Kier molecular flexibility index (Phi) is 3.64. The van der Waals surface area contributed by atoms with Crippen LogP contribution in [0, 0.1) is 17.6 Å². The van der Waals surface area contributed by atoms with Crippen molar-refractivity contribution in [3.8, 4) is 0 Å². The Hall–Kier alpha value is -1.78. The molecule has 0 amide bonds.